The molecule has 0 aliphatic heterocycles. The molecule has 0 aliphatic rings. The lowest BCUT2D eigenvalue weighted by Crippen LogP contribution is -2.10. The summed E-state index contributed by atoms with van der Waals surface area (Å²) in [6.45, 7) is 2.68. The number of benzene rings is 1. The van der Waals surface area contributed by atoms with Gasteiger partial charge in [0.05, 0.1) is 13.7 Å². The third-order valence-electron chi connectivity index (χ3n) is 2.43. The number of anilines is 2. The van der Waals surface area contributed by atoms with E-state index in [4.69, 9.17) is 0 Å². The Morgan fingerprint density at radius 3 is 2.58 bits per heavy atom. The topological polar surface area (TPSA) is 63.2 Å². The van der Waals surface area contributed by atoms with Gasteiger partial charge in [0, 0.05) is 22.4 Å². The molecule has 1 aromatic heterocycles. The number of nitrogens with zero attached hydrogens (tertiary/aromatic N) is 1. The van der Waals surface area contributed by atoms with Gasteiger partial charge in [0.1, 0.15) is 5.01 Å². The summed E-state index contributed by atoms with van der Waals surface area (Å²) < 4.78 is 4.52. The molecular formula is C13H15N3O2S. The fourth-order valence-electron chi connectivity index (χ4n) is 1.50. The van der Waals surface area contributed by atoms with E-state index in [-0.39, 0.29) is 0 Å². The summed E-state index contributed by atoms with van der Waals surface area (Å²) in [7, 11) is 1.33. The highest BCUT2D eigenvalue weighted by Gasteiger charge is 2.01. The molecule has 0 bridgehead atoms. The van der Waals surface area contributed by atoms with E-state index in [1.807, 2.05) is 36.6 Å². The van der Waals surface area contributed by atoms with Crippen molar-refractivity contribution in [1.82, 2.24) is 4.98 Å². The first-order chi connectivity index (χ1) is 9.17. The van der Waals surface area contributed by atoms with E-state index in [1.165, 1.54) is 7.11 Å². The van der Waals surface area contributed by atoms with Crippen molar-refractivity contribution >= 4 is 28.8 Å². The molecule has 0 radical (unpaired) electrons. The fourth-order valence-corrected chi connectivity index (χ4v) is 2.21. The van der Waals surface area contributed by atoms with Gasteiger partial charge in [-0.05, 0) is 31.2 Å². The van der Waals surface area contributed by atoms with Gasteiger partial charge in [-0.1, -0.05) is 0 Å². The summed E-state index contributed by atoms with van der Waals surface area (Å²) in [5.74, 6) is 0. The van der Waals surface area contributed by atoms with Crippen LogP contribution < -0.4 is 10.6 Å². The summed E-state index contributed by atoms with van der Waals surface area (Å²) in [6, 6.07) is 7.41. The second-order valence-electron chi connectivity index (χ2n) is 3.93. The predicted molar refractivity (Wildman–Crippen MR) is 76.6 cm³/mol. The zero-order valence-corrected chi connectivity index (χ0v) is 11.6. The van der Waals surface area contributed by atoms with E-state index in [2.05, 4.69) is 20.4 Å². The van der Waals surface area contributed by atoms with Gasteiger partial charge in [0.25, 0.3) is 0 Å². The number of carbonyl (C=O) groups excluding carboxylic acids is 1. The molecule has 2 rings (SSSR count). The number of thiazole rings is 1. The molecular weight excluding hydrogens is 262 g/mol. The van der Waals surface area contributed by atoms with Crippen molar-refractivity contribution in [2.75, 3.05) is 17.7 Å². The number of nitrogens with one attached hydrogen (secondary N) is 2. The van der Waals surface area contributed by atoms with Crippen LogP contribution in [-0.4, -0.2) is 18.2 Å². The molecule has 0 saturated heterocycles. The van der Waals surface area contributed by atoms with Gasteiger partial charge in [-0.2, -0.15) is 0 Å². The second-order valence-corrected chi connectivity index (χ2v) is 4.87. The molecule has 5 nitrogen and oxygen atoms in total. The molecule has 0 saturated carbocycles. The van der Waals surface area contributed by atoms with Crippen LogP contribution in [0.4, 0.5) is 16.2 Å². The van der Waals surface area contributed by atoms with Crippen LogP contribution in [0, 0.1) is 6.92 Å². The first-order valence-corrected chi connectivity index (χ1v) is 6.65. The summed E-state index contributed by atoms with van der Waals surface area (Å²) in [6.07, 6.45) is -0.473. The average Bonchev–Trinajstić information content (AvgIpc) is 2.83. The van der Waals surface area contributed by atoms with Crippen molar-refractivity contribution in [2.45, 2.75) is 13.5 Å². The minimum atomic E-state index is -0.473. The Morgan fingerprint density at radius 2 is 2.00 bits per heavy atom. The Labute approximate surface area is 115 Å². The lowest BCUT2D eigenvalue weighted by atomic mass is 10.3. The van der Waals surface area contributed by atoms with Crippen LogP contribution in [0.2, 0.25) is 0 Å². The standard InChI is InChI=1S/C13H15N3O2S/c1-9-8-19-12(15-9)7-14-10-3-5-11(6-4-10)16-13(17)18-2/h3-6,8,14H,7H2,1-2H3,(H,16,17). The quantitative estimate of drug-likeness (QED) is 0.900. The van der Waals surface area contributed by atoms with Crippen LogP contribution in [0.15, 0.2) is 29.6 Å². The van der Waals surface area contributed by atoms with E-state index in [0.29, 0.717) is 12.2 Å². The Bertz CT molecular complexity index is 551. The number of carbonyl (C=O) groups is 1. The first kappa shape index (κ1) is 13.4. The SMILES string of the molecule is COC(=O)Nc1ccc(NCc2nc(C)cs2)cc1. The predicted octanol–water partition coefficient (Wildman–Crippen LogP) is 3.24. The molecule has 2 N–H and O–H groups in total. The molecule has 1 amide bonds. The van der Waals surface area contributed by atoms with Crippen LogP contribution in [0.3, 0.4) is 0 Å². The molecule has 1 aromatic carbocycles. The Balaban J connectivity index is 1.89. The molecule has 0 fully saturated rings. The minimum Gasteiger partial charge on any atom is -0.453 e. The summed E-state index contributed by atoms with van der Waals surface area (Å²) >= 11 is 1.64. The maximum atomic E-state index is 11.0. The van der Waals surface area contributed by atoms with Gasteiger partial charge >= 0.3 is 6.09 Å². The van der Waals surface area contributed by atoms with Crippen molar-refractivity contribution < 1.29 is 9.53 Å². The van der Waals surface area contributed by atoms with Crippen molar-refractivity contribution in [3.05, 3.63) is 40.3 Å². The van der Waals surface area contributed by atoms with E-state index in [1.54, 1.807) is 11.3 Å². The smallest absolute Gasteiger partial charge is 0.411 e. The van der Waals surface area contributed by atoms with Crippen LogP contribution in [-0.2, 0) is 11.3 Å². The van der Waals surface area contributed by atoms with Crippen molar-refractivity contribution in [1.29, 1.82) is 0 Å². The van der Waals surface area contributed by atoms with Gasteiger partial charge in [0.15, 0.2) is 0 Å². The Morgan fingerprint density at radius 1 is 1.32 bits per heavy atom. The van der Waals surface area contributed by atoms with E-state index >= 15 is 0 Å². The Hall–Kier alpha value is -2.08. The number of hydrogen-bond acceptors (Lipinski definition) is 5. The van der Waals surface area contributed by atoms with E-state index in [9.17, 15) is 4.79 Å². The molecule has 2 aromatic rings. The number of methoxy groups -OCH3 is 1. The summed E-state index contributed by atoms with van der Waals surface area (Å²) in [5.41, 5.74) is 2.71. The second kappa shape index (κ2) is 6.19. The van der Waals surface area contributed by atoms with Crippen molar-refractivity contribution in [3.63, 3.8) is 0 Å². The highest BCUT2D eigenvalue weighted by atomic mass is 32.1. The molecule has 19 heavy (non-hydrogen) atoms. The molecule has 0 spiro atoms. The number of ether oxygens (including phenoxy) is 1. The van der Waals surface area contributed by atoms with E-state index in [0.717, 1.165) is 16.4 Å². The van der Waals surface area contributed by atoms with Crippen molar-refractivity contribution in [3.8, 4) is 0 Å². The average molecular weight is 277 g/mol. The van der Waals surface area contributed by atoms with Crippen LogP contribution in [0.1, 0.15) is 10.7 Å². The van der Waals surface area contributed by atoms with Gasteiger partial charge in [-0.15, -0.1) is 11.3 Å². The lowest BCUT2D eigenvalue weighted by molar-refractivity contribution is 0.187. The number of rotatable bonds is 4. The molecule has 0 unspecified atom stereocenters. The van der Waals surface area contributed by atoms with Crippen LogP contribution >= 0.6 is 11.3 Å². The maximum Gasteiger partial charge on any atom is 0.411 e. The number of hydrogen-bond donors (Lipinski definition) is 2. The normalized spacial score (nSPS) is 10.0. The zero-order chi connectivity index (χ0) is 13.7. The first-order valence-electron chi connectivity index (χ1n) is 5.77. The number of aryl methyl sites for hydroxylation is 1. The van der Waals surface area contributed by atoms with Crippen LogP contribution in [0.5, 0.6) is 0 Å². The van der Waals surface area contributed by atoms with Gasteiger partial charge in [-0.3, -0.25) is 5.32 Å². The number of aromatic nitrogens is 1. The van der Waals surface area contributed by atoms with Gasteiger partial charge in [-0.25, -0.2) is 9.78 Å². The van der Waals surface area contributed by atoms with Gasteiger partial charge < -0.3 is 10.1 Å². The monoisotopic (exact) mass is 277 g/mol. The fraction of sp³-hybridized carbons (Fsp3) is 0.231. The highest BCUT2D eigenvalue weighted by molar-refractivity contribution is 7.09. The number of amides is 1. The molecule has 0 aliphatic carbocycles. The van der Waals surface area contributed by atoms with E-state index < -0.39 is 6.09 Å². The van der Waals surface area contributed by atoms with Crippen molar-refractivity contribution in [2.24, 2.45) is 0 Å². The molecule has 1 heterocycles. The molecule has 0 atom stereocenters. The third-order valence-corrected chi connectivity index (χ3v) is 3.39. The maximum absolute atomic E-state index is 11.0. The zero-order valence-electron chi connectivity index (χ0n) is 10.8. The minimum absolute atomic E-state index is 0.473. The third kappa shape index (κ3) is 3.96. The van der Waals surface area contributed by atoms with Gasteiger partial charge in [0.2, 0.25) is 0 Å². The Kier molecular flexibility index (Phi) is 4.35. The highest BCUT2D eigenvalue weighted by Crippen LogP contribution is 2.16. The van der Waals surface area contributed by atoms with Crippen LogP contribution in [0.25, 0.3) is 0 Å². The molecule has 100 valence electrons. The largest absolute Gasteiger partial charge is 0.453 e. The summed E-state index contributed by atoms with van der Waals surface area (Å²) in [5, 5.41) is 8.95. The lowest BCUT2D eigenvalue weighted by Gasteiger charge is -2.06. The molecule has 6 heteroatoms. The summed E-state index contributed by atoms with van der Waals surface area (Å²) in [4.78, 5) is 15.4.